The number of hydrogen-bond donors (Lipinski definition) is 3. The van der Waals surface area contributed by atoms with Gasteiger partial charge in [-0.3, -0.25) is 4.79 Å². The molecule has 1 unspecified atom stereocenters. The highest BCUT2D eigenvalue weighted by atomic mass is 32.2. The second-order valence-corrected chi connectivity index (χ2v) is 8.57. The fraction of sp³-hybridized carbons (Fsp3) is 0.316. The molecule has 7 heteroatoms. The predicted octanol–water partition coefficient (Wildman–Crippen LogP) is -0.354. The van der Waals surface area contributed by atoms with Crippen molar-refractivity contribution in [2.75, 3.05) is 19.6 Å². The lowest BCUT2D eigenvalue weighted by Crippen LogP contribution is -3.16. The standard InChI is InChI=1S/C19H21N3O3S/c23-18-13-22(11-10-20-18)19-16-9-5-4-6-14(16)12-17(19)21-26(24,25)15-7-2-1-3-8-15/h1-9,17,19,21H,10-13H2,(H,20,23)/p+1/t17-,19+/m0/s1. The van der Waals surface area contributed by atoms with Gasteiger partial charge in [-0.05, 0) is 24.1 Å². The van der Waals surface area contributed by atoms with Gasteiger partial charge < -0.3 is 10.2 Å². The van der Waals surface area contributed by atoms with Gasteiger partial charge in [0, 0.05) is 5.56 Å². The normalized spacial score (nSPS) is 25.5. The molecule has 26 heavy (non-hydrogen) atoms. The van der Waals surface area contributed by atoms with Gasteiger partial charge in [0.05, 0.1) is 24.0 Å². The summed E-state index contributed by atoms with van der Waals surface area (Å²) in [6, 6.07) is 16.1. The lowest BCUT2D eigenvalue weighted by Gasteiger charge is -2.33. The van der Waals surface area contributed by atoms with Crippen molar-refractivity contribution in [3.63, 3.8) is 0 Å². The molecule has 0 spiro atoms. The van der Waals surface area contributed by atoms with E-state index in [1.165, 1.54) is 0 Å². The van der Waals surface area contributed by atoms with E-state index in [2.05, 4.69) is 16.1 Å². The summed E-state index contributed by atoms with van der Waals surface area (Å²) in [7, 11) is -3.61. The predicted molar refractivity (Wildman–Crippen MR) is 97.1 cm³/mol. The minimum absolute atomic E-state index is 0.0142. The number of sulfonamides is 1. The van der Waals surface area contributed by atoms with Crippen molar-refractivity contribution < 1.29 is 18.1 Å². The quantitative estimate of drug-likeness (QED) is 0.686. The molecule has 1 fully saturated rings. The molecule has 4 rings (SSSR count). The van der Waals surface area contributed by atoms with Crippen LogP contribution in [-0.4, -0.2) is 40.0 Å². The van der Waals surface area contributed by atoms with Gasteiger partial charge in [0.15, 0.2) is 6.54 Å². The topological polar surface area (TPSA) is 79.7 Å². The molecular weight excluding hydrogens is 350 g/mol. The Morgan fingerprint density at radius 1 is 1.04 bits per heavy atom. The number of carbonyl (C=O) groups is 1. The van der Waals surface area contributed by atoms with Gasteiger partial charge in [-0.2, -0.15) is 0 Å². The molecule has 136 valence electrons. The summed E-state index contributed by atoms with van der Waals surface area (Å²) in [5, 5.41) is 2.85. The highest BCUT2D eigenvalue weighted by molar-refractivity contribution is 7.89. The fourth-order valence-corrected chi connectivity index (χ4v) is 5.33. The van der Waals surface area contributed by atoms with E-state index in [-0.39, 0.29) is 22.9 Å². The third-order valence-electron chi connectivity index (χ3n) is 5.19. The number of fused-ring (bicyclic) bond motifs is 1. The summed E-state index contributed by atoms with van der Waals surface area (Å²) in [6.07, 6.45) is 0.637. The van der Waals surface area contributed by atoms with Gasteiger partial charge in [0.25, 0.3) is 5.91 Å². The smallest absolute Gasteiger partial charge is 0.275 e. The van der Waals surface area contributed by atoms with E-state index in [0.717, 1.165) is 22.6 Å². The van der Waals surface area contributed by atoms with Crippen LogP contribution >= 0.6 is 0 Å². The van der Waals surface area contributed by atoms with Crippen LogP contribution in [0.5, 0.6) is 0 Å². The first-order valence-corrected chi connectivity index (χ1v) is 10.3. The Kier molecular flexibility index (Phi) is 4.52. The first-order valence-electron chi connectivity index (χ1n) is 8.81. The zero-order chi connectivity index (χ0) is 18.1. The zero-order valence-electron chi connectivity index (χ0n) is 14.3. The molecule has 0 radical (unpaired) electrons. The van der Waals surface area contributed by atoms with Crippen molar-refractivity contribution in [1.82, 2.24) is 10.0 Å². The molecule has 0 bridgehead atoms. The van der Waals surface area contributed by atoms with E-state index in [1.54, 1.807) is 30.3 Å². The van der Waals surface area contributed by atoms with E-state index in [4.69, 9.17) is 0 Å². The number of quaternary nitrogens is 1. The van der Waals surface area contributed by atoms with Crippen molar-refractivity contribution in [3.05, 3.63) is 65.7 Å². The van der Waals surface area contributed by atoms with Gasteiger partial charge in [-0.25, -0.2) is 13.1 Å². The summed E-state index contributed by atoms with van der Waals surface area (Å²) < 4.78 is 28.6. The molecule has 0 aromatic heterocycles. The van der Waals surface area contributed by atoms with E-state index in [9.17, 15) is 13.2 Å². The summed E-state index contributed by atoms with van der Waals surface area (Å²) in [5.74, 6) is 0.0142. The zero-order valence-corrected chi connectivity index (χ0v) is 15.1. The second kappa shape index (κ2) is 6.83. The van der Waals surface area contributed by atoms with Crippen LogP contribution in [0.15, 0.2) is 59.5 Å². The average Bonchev–Trinajstić information content (AvgIpc) is 2.99. The largest absolute Gasteiger partial charge is 0.346 e. The summed E-state index contributed by atoms with van der Waals surface area (Å²) in [6.45, 7) is 1.77. The minimum Gasteiger partial charge on any atom is -0.346 e. The number of piperazine rings is 1. The van der Waals surface area contributed by atoms with E-state index in [0.29, 0.717) is 19.5 Å². The average molecular weight is 372 g/mol. The molecule has 3 N–H and O–H groups in total. The number of rotatable bonds is 4. The van der Waals surface area contributed by atoms with Crippen molar-refractivity contribution in [1.29, 1.82) is 0 Å². The van der Waals surface area contributed by atoms with Gasteiger partial charge in [0.2, 0.25) is 10.0 Å². The van der Waals surface area contributed by atoms with Crippen LogP contribution in [0, 0.1) is 0 Å². The van der Waals surface area contributed by atoms with Crippen LogP contribution in [0.1, 0.15) is 17.2 Å². The van der Waals surface area contributed by atoms with Gasteiger partial charge in [0.1, 0.15) is 6.04 Å². The Morgan fingerprint density at radius 3 is 2.54 bits per heavy atom. The first-order chi connectivity index (χ1) is 12.5. The highest BCUT2D eigenvalue weighted by Crippen LogP contribution is 2.30. The lowest BCUT2D eigenvalue weighted by atomic mass is 10.0. The summed E-state index contributed by atoms with van der Waals surface area (Å²) in [4.78, 5) is 13.3. The Balaban J connectivity index is 1.65. The third kappa shape index (κ3) is 3.25. The van der Waals surface area contributed by atoms with Crippen molar-refractivity contribution in [2.45, 2.75) is 23.4 Å². The van der Waals surface area contributed by atoms with E-state index >= 15 is 0 Å². The minimum atomic E-state index is -3.61. The Morgan fingerprint density at radius 2 is 1.77 bits per heavy atom. The van der Waals surface area contributed by atoms with Crippen LogP contribution in [0.2, 0.25) is 0 Å². The number of benzene rings is 2. The number of carbonyl (C=O) groups excluding carboxylic acids is 1. The van der Waals surface area contributed by atoms with Gasteiger partial charge >= 0.3 is 0 Å². The maximum Gasteiger partial charge on any atom is 0.275 e. The van der Waals surface area contributed by atoms with E-state index in [1.807, 2.05) is 18.2 Å². The Hall–Kier alpha value is -2.22. The number of amides is 1. The first kappa shape index (κ1) is 17.2. The third-order valence-corrected chi connectivity index (χ3v) is 6.69. The number of nitrogens with one attached hydrogen (secondary N) is 3. The van der Waals surface area contributed by atoms with Gasteiger partial charge in [-0.15, -0.1) is 0 Å². The van der Waals surface area contributed by atoms with Crippen molar-refractivity contribution in [2.24, 2.45) is 0 Å². The molecule has 0 saturated carbocycles. The second-order valence-electron chi connectivity index (χ2n) is 6.86. The molecule has 1 saturated heterocycles. The summed E-state index contributed by atoms with van der Waals surface area (Å²) >= 11 is 0. The number of hydrogen-bond acceptors (Lipinski definition) is 3. The fourth-order valence-electron chi connectivity index (χ4n) is 4.06. The van der Waals surface area contributed by atoms with Crippen LogP contribution in [0.3, 0.4) is 0 Å². The van der Waals surface area contributed by atoms with Crippen molar-refractivity contribution in [3.8, 4) is 0 Å². The Labute approximate surface area is 153 Å². The van der Waals surface area contributed by atoms with Crippen LogP contribution in [0.4, 0.5) is 0 Å². The molecule has 1 heterocycles. The lowest BCUT2D eigenvalue weighted by molar-refractivity contribution is -0.926. The van der Waals surface area contributed by atoms with Gasteiger partial charge in [-0.1, -0.05) is 42.5 Å². The highest BCUT2D eigenvalue weighted by Gasteiger charge is 2.43. The maximum absolute atomic E-state index is 12.8. The molecule has 3 atom stereocenters. The Bertz CT molecular complexity index is 915. The SMILES string of the molecule is O=C1C[NH+]([C@@H]2c3ccccc3C[C@@H]2NS(=O)(=O)c2ccccc2)CCN1. The molecular formula is C19H22N3O3S+. The molecule has 2 aromatic rings. The molecule has 2 aromatic carbocycles. The molecule has 1 aliphatic heterocycles. The van der Waals surface area contributed by atoms with Crippen LogP contribution < -0.4 is 14.9 Å². The van der Waals surface area contributed by atoms with Crippen LogP contribution in [0.25, 0.3) is 0 Å². The summed E-state index contributed by atoms with van der Waals surface area (Å²) in [5.41, 5.74) is 2.29. The monoisotopic (exact) mass is 372 g/mol. The molecule has 1 aliphatic carbocycles. The maximum atomic E-state index is 12.8. The molecule has 1 amide bonds. The van der Waals surface area contributed by atoms with E-state index < -0.39 is 10.0 Å². The van der Waals surface area contributed by atoms with Crippen molar-refractivity contribution >= 4 is 15.9 Å². The van der Waals surface area contributed by atoms with Crippen LogP contribution in [-0.2, 0) is 21.2 Å². The molecule has 6 nitrogen and oxygen atoms in total. The molecule has 2 aliphatic rings.